The second-order valence-corrected chi connectivity index (χ2v) is 5.84. The number of nitrogens with one attached hydrogen (secondary N) is 2. The van der Waals surface area contributed by atoms with Crippen molar-refractivity contribution in [1.82, 2.24) is 10.6 Å². The molecule has 0 aliphatic heterocycles. The van der Waals surface area contributed by atoms with Gasteiger partial charge in [0.05, 0.1) is 14.2 Å². The van der Waals surface area contributed by atoms with E-state index < -0.39 is 0 Å². The van der Waals surface area contributed by atoms with Crippen LogP contribution in [0.3, 0.4) is 0 Å². The van der Waals surface area contributed by atoms with Crippen molar-refractivity contribution >= 4 is 17.6 Å². The first-order chi connectivity index (χ1) is 12.2. The smallest absolute Gasteiger partial charge is 0.191 e. The molecular weight excluding hydrogens is 338 g/mol. The van der Waals surface area contributed by atoms with Crippen molar-refractivity contribution < 1.29 is 9.47 Å². The minimum atomic E-state index is 0.600. The van der Waals surface area contributed by atoms with Crippen molar-refractivity contribution in [2.45, 2.75) is 13.0 Å². The molecule has 0 aromatic heterocycles. The van der Waals surface area contributed by atoms with E-state index >= 15 is 0 Å². The van der Waals surface area contributed by atoms with Crippen LogP contribution >= 0.6 is 11.6 Å². The molecule has 0 fully saturated rings. The Bertz CT molecular complexity index is 702. The van der Waals surface area contributed by atoms with Crippen LogP contribution in [0.4, 0.5) is 0 Å². The maximum Gasteiger partial charge on any atom is 0.191 e. The molecule has 0 aliphatic carbocycles. The third-order valence-electron chi connectivity index (χ3n) is 3.78. The van der Waals surface area contributed by atoms with Gasteiger partial charge in [-0.15, -0.1) is 0 Å². The predicted octanol–water partition coefficient (Wildman–Crippen LogP) is 3.26. The van der Waals surface area contributed by atoms with Gasteiger partial charge in [-0.05, 0) is 36.2 Å². The molecule has 0 aliphatic rings. The molecule has 0 heterocycles. The lowest BCUT2D eigenvalue weighted by molar-refractivity contribution is 0.409. The summed E-state index contributed by atoms with van der Waals surface area (Å²) in [5.41, 5.74) is 2.26. The number of methoxy groups -OCH3 is 2. The molecule has 5 nitrogen and oxygen atoms in total. The minimum absolute atomic E-state index is 0.600. The van der Waals surface area contributed by atoms with E-state index in [1.54, 1.807) is 27.3 Å². The molecule has 6 heteroatoms. The van der Waals surface area contributed by atoms with Crippen LogP contribution in [0, 0.1) is 0 Å². The first kappa shape index (κ1) is 18.9. The Labute approximate surface area is 154 Å². The number of ether oxygens (including phenoxy) is 2. The van der Waals surface area contributed by atoms with E-state index in [1.165, 1.54) is 5.56 Å². The number of hydrogen-bond donors (Lipinski definition) is 2. The van der Waals surface area contributed by atoms with E-state index in [0.29, 0.717) is 11.6 Å². The van der Waals surface area contributed by atoms with Crippen molar-refractivity contribution in [2.75, 3.05) is 27.8 Å². The highest BCUT2D eigenvalue weighted by Crippen LogP contribution is 2.22. The van der Waals surface area contributed by atoms with E-state index in [9.17, 15) is 0 Å². The largest absolute Gasteiger partial charge is 0.497 e. The monoisotopic (exact) mass is 361 g/mol. The highest BCUT2D eigenvalue weighted by molar-refractivity contribution is 6.30. The maximum absolute atomic E-state index is 5.99. The van der Waals surface area contributed by atoms with Gasteiger partial charge >= 0.3 is 0 Å². The number of aliphatic imine (C=N–C) groups is 1. The van der Waals surface area contributed by atoms with Crippen LogP contribution in [0.5, 0.6) is 11.5 Å². The molecule has 0 radical (unpaired) electrons. The van der Waals surface area contributed by atoms with Gasteiger partial charge in [0, 0.05) is 30.7 Å². The van der Waals surface area contributed by atoms with Crippen molar-refractivity contribution in [3.05, 3.63) is 58.6 Å². The van der Waals surface area contributed by atoms with Crippen molar-refractivity contribution in [3.63, 3.8) is 0 Å². The van der Waals surface area contributed by atoms with Crippen LogP contribution in [0.25, 0.3) is 0 Å². The molecule has 0 atom stereocenters. The zero-order valence-corrected chi connectivity index (χ0v) is 15.6. The summed E-state index contributed by atoms with van der Waals surface area (Å²) in [6.45, 7) is 1.38. The molecule has 2 aromatic rings. The molecule has 0 spiro atoms. The van der Waals surface area contributed by atoms with E-state index in [0.717, 1.165) is 36.0 Å². The highest BCUT2D eigenvalue weighted by atomic mass is 35.5. The van der Waals surface area contributed by atoms with Crippen LogP contribution in [0.1, 0.15) is 11.1 Å². The summed E-state index contributed by atoms with van der Waals surface area (Å²) >= 11 is 5.99. The Hall–Kier alpha value is -2.40. The Kier molecular flexibility index (Phi) is 7.41. The summed E-state index contributed by atoms with van der Waals surface area (Å²) in [6.07, 6.45) is 0.898. The van der Waals surface area contributed by atoms with E-state index in [1.807, 2.05) is 24.3 Å². The fourth-order valence-electron chi connectivity index (χ4n) is 2.38. The Morgan fingerprint density at radius 1 is 1.04 bits per heavy atom. The summed E-state index contributed by atoms with van der Waals surface area (Å²) in [5.74, 6) is 2.37. The Balaban J connectivity index is 1.82. The molecule has 0 amide bonds. The lowest BCUT2D eigenvalue weighted by atomic mass is 10.1. The topological polar surface area (TPSA) is 54.9 Å². The average molecular weight is 362 g/mol. The summed E-state index contributed by atoms with van der Waals surface area (Å²) in [6, 6.07) is 13.7. The molecular formula is C19H24ClN3O2. The van der Waals surface area contributed by atoms with Gasteiger partial charge < -0.3 is 20.1 Å². The zero-order chi connectivity index (χ0) is 18.1. The standard InChI is InChI=1S/C19H24ClN3O2/c1-21-19(22-11-10-14-4-8-17(24-2)9-5-14)23-13-15-6-7-16(20)12-18(15)25-3/h4-9,12H,10-11,13H2,1-3H3,(H2,21,22,23). The van der Waals surface area contributed by atoms with Gasteiger partial charge in [-0.2, -0.15) is 0 Å². The molecule has 25 heavy (non-hydrogen) atoms. The lowest BCUT2D eigenvalue weighted by Gasteiger charge is -2.14. The van der Waals surface area contributed by atoms with Gasteiger partial charge in [-0.3, -0.25) is 4.99 Å². The quantitative estimate of drug-likeness (QED) is 0.587. The molecule has 0 saturated carbocycles. The second-order valence-electron chi connectivity index (χ2n) is 5.41. The molecule has 134 valence electrons. The van der Waals surface area contributed by atoms with Crippen LogP contribution in [-0.2, 0) is 13.0 Å². The molecule has 0 unspecified atom stereocenters. The predicted molar refractivity (Wildman–Crippen MR) is 103 cm³/mol. The Morgan fingerprint density at radius 2 is 1.80 bits per heavy atom. The number of nitrogens with zero attached hydrogens (tertiary/aromatic N) is 1. The molecule has 2 N–H and O–H groups in total. The van der Waals surface area contributed by atoms with E-state index in [4.69, 9.17) is 21.1 Å². The Morgan fingerprint density at radius 3 is 2.44 bits per heavy atom. The number of halogens is 1. The highest BCUT2D eigenvalue weighted by Gasteiger charge is 2.05. The molecule has 2 aromatic carbocycles. The SMILES string of the molecule is CN=C(NCCc1ccc(OC)cc1)NCc1ccc(Cl)cc1OC. The third-order valence-corrected chi connectivity index (χ3v) is 4.02. The van der Waals surface area contributed by atoms with Gasteiger partial charge in [0.1, 0.15) is 11.5 Å². The van der Waals surface area contributed by atoms with Gasteiger partial charge in [0.25, 0.3) is 0 Å². The zero-order valence-electron chi connectivity index (χ0n) is 14.8. The number of guanidine groups is 1. The normalized spacial score (nSPS) is 11.1. The summed E-state index contributed by atoms with van der Waals surface area (Å²) in [4.78, 5) is 4.24. The molecule has 0 saturated heterocycles. The van der Waals surface area contributed by atoms with Crippen molar-refractivity contribution in [2.24, 2.45) is 4.99 Å². The number of rotatable bonds is 7. The van der Waals surface area contributed by atoms with Crippen molar-refractivity contribution in [3.8, 4) is 11.5 Å². The van der Waals surface area contributed by atoms with Gasteiger partial charge in [-0.25, -0.2) is 0 Å². The van der Waals surface area contributed by atoms with Crippen molar-refractivity contribution in [1.29, 1.82) is 0 Å². The fourth-order valence-corrected chi connectivity index (χ4v) is 2.54. The van der Waals surface area contributed by atoms with Gasteiger partial charge in [0.2, 0.25) is 0 Å². The summed E-state index contributed by atoms with van der Waals surface area (Å²) in [7, 11) is 5.06. The minimum Gasteiger partial charge on any atom is -0.497 e. The fraction of sp³-hybridized carbons (Fsp3) is 0.316. The summed E-state index contributed by atoms with van der Waals surface area (Å²) < 4.78 is 10.5. The molecule has 0 bridgehead atoms. The van der Waals surface area contributed by atoms with Gasteiger partial charge in [0.15, 0.2) is 5.96 Å². The maximum atomic E-state index is 5.99. The van der Waals surface area contributed by atoms with Crippen LogP contribution in [0.2, 0.25) is 5.02 Å². The average Bonchev–Trinajstić information content (AvgIpc) is 2.65. The van der Waals surface area contributed by atoms with Gasteiger partial charge in [-0.1, -0.05) is 29.8 Å². The third kappa shape index (κ3) is 5.87. The van der Waals surface area contributed by atoms with Crippen LogP contribution < -0.4 is 20.1 Å². The lowest BCUT2D eigenvalue weighted by Crippen LogP contribution is -2.37. The number of benzene rings is 2. The number of hydrogen-bond acceptors (Lipinski definition) is 3. The first-order valence-corrected chi connectivity index (χ1v) is 8.44. The molecule has 2 rings (SSSR count). The summed E-state index contributed by atoms with van der Waals surface area (Å²) in [5, 5.41) is 7.24. The van der Waals surface area contributed by atoms with Crippen LogP contribution in [-0.4, -0.2) is 33.8 Å². The van der Waals surface area contributed by atoms with Crippen LogP contribution in [0.15, 0.2) is 47.5 Å². The van der Waals surface area contributed by atoms with E-state index in [2.05, 4.69) is 27.8 Å². The van der Waals surface area contributed by atoms with E-state index in [-0.39, 0.29) is 0 Å². The second kappa shape index (κ2) is 9.79. The first-order valence-electron chi connectivity index (χ1n) is 8.06.